The summed E-state index contributed by atoms with van der Waals surface area (Å²) < 4.78 is 6.84. The zero-order chi connectivity index (χ0) is 11.8. The molecule has 0 amide bonds. The van der Waals surface area contributed by atoms with Crippen LogP contribution in [0, 0.1) is 6.92 Å². The molecule has 0 saturated carbocycles. The molecule has 86 valence electrons. The van der Waals surface area contributed by atoms with E-state index in [9.17, 15) is 4.79 Å². The predicted molar refractivity (Wildman–Crippen MR) is 64.2 cm³/mol. The van der Waals surface area contributed by atoms with Gasteiger partial charge in [-0.2, -0.15) is 0 Å². The first-order valence-electron chi connectivity index (χ1n) is 5.08. The first-order chi connectivity index (χ1) is 8.24. The molecule has 0 spiro atoms. The van der Waals surface area contributed by atoms with Crippen LogP contribution in [0.15, 0.2) is 33.2 Å². The molecule has 3 heterocycles. The molecular weight excluding hydrogens is 238 g/mol. The lowest BCUT2D eigenvalue weighted by atomic mass is 10.4. The van der Waals surface area contributed by atoms with Crippen LogP contribution in [0.1, 0.15) is 11.7 Å². The van der Waals surface area contributed by atoms with Gasteiger partial charge < -0.3 is 4.42 Å². The Hall–Kier alpha value is -1.95. The van der Waals surface area contributed by atoms with Gasteiger partial charge in [0.25, 0.3) is 5.56 Å². The third-order valence-corrected chi connectivity index (χ3v) is 3.25. The van der Waals surface area contributed by atoms with E-state index in [-0.39, 0.29) is 5.56 Å². The standard InChI is InChI=1S/C11H9N3O2S/c1-7-4-12-9(16-7)5-14-6-13-10-8(11(14)15)2-3-17-10/h2-4,6H,5H2,1H3. The molecule has 0 saturated heterocycles. The van der Waals surface area contributed by atoms with Crippen LogP contribution in [-0.4, -0.2) is 14.5 Å². The molecule has 0 N–H and O–H groups in total. The minimum absolute atomic E-state index is 0.0629. The molecule has 0 aromatic carbocycles. The van der Waals surface area contributed by atoms with E-state index >= 15 is 0 Å². The van der Waals surface area contributed by atoms with Crippen molar-refractivity contribution >= 4 is 21.6 Å². The SMILES string of the molecule is Cc1cnc(Cn2cnc3sccc3c2=O)o1. The predicted octanol–water partition coefficient (Wildman–Crippen LogP) is 1.80. The van der Waals surface area contributed by atoms with E-state index in [0.717, 1.165) is 10.6 Å². The zero-order valence-electron chi connectivity index (χ0n) is 9.08. The summed E-state index contributed by atoms with van der Waals surface area (Å²) in [5.74, 6) is 1.25. The van der Waals surface area contributed by atoms with E-state index in [1.807, 2.05) is 12.3 Å². The Labute approximate surface area is 100 Å². The molecule has 0 unspecified atom stereocenters. The Morgan fingerprint density at radius 2 is 2.35 bits per heavy atom. The van der Waals surface area contributed by atoms with Gasteiger partial charge in [0.2, 0.25) is 5.89 Å². The van der Waals surface area contributed by atoms with Gasteiger partial charge in [0.15, 0.2) is 0 Å². The number of rotatable bonds is 2. The minimum Gasteiger partial charge on any atom is -0.444 e. The van der Waals surface area contributed by atoms with E-state index in [1.165, 1.54) is 22.2 Å². The topological polar surface area (TPSA) is 60.9 Å². The average Bonchev–Trinajstić information content (AvgIpc) is 2.92. The van der Waals surface area contributed by atoms with Crippen LogP contribution < -0.4 is 5.56 Å². The van der Waals surface area contributed by atoms with Gasteiger partial charge in [-0.05, 0) is 18.4 Å². The number of fused-ring (bicyclic) bond motifs is 1. The van der Waals surface area contributed by atoms with Crippen LogP contribution in [0.5, 0.6) is 0 Å². The zero-order valence-corrected chi connectivity index (χ0v) is 9.90. The van der Waals surface area contributed by atoms with Gasteiger partial charge in [0.05, 0.1) is 17.9 Å². The molecule has 5 nitrogen and oxygen atoms in total. The molecule has 3 aromatic rings. The molecule has 3 rings (SSSR count). The second kappa shape index (κ2) is 3.81. The molecule has 0 bridgehead atoms. The van der Waals surface area contributed by atoms with Crippen molar-refractivity contribution in [2.24, 2.45) is 0 Å². The third kappa shape index (κ3) is 1.76. The Bertz CT molecular complexity index is 725. The molecule has 6 heteroatoms. The number of aryl methyl sites for hydroxylation is 1. The Kier molecular flexibility index (Phi) is 2.29. The quantitative estimate of drug-likeness (QED) is 0.692. The maximum atomic E-state index is 12.1. The van der Waals surface area contributed by atoms with Gasteiger partial charge in [-0.1, -0.05) is 0 Å². The molecule has 0 atom stereocenters. The van der Waals surface area contributed by atoms with E-state index in [4.69, 9.17) is 4.42 Å². The number of nitrogens with zero attached hydrogens (tertiary/aromatic N) is 3. The van der Waals surface area contributed by atoms with E-state index in [2.05, 4.69) is 9.97 Å². The minimum atomic E-state index is -0.0629. The fourth-order valence-electron chi connectivity index (χ4n) is 1.63. The summed E-state index contributed by atoms with van der Waals surface area (Å²) in [6.07, 6.45) is 3.16. The van der Waals surface area contributed by atoms with Gasteiger partial charge in [-0.25, -0.2) is 9.97 Å². The maximum absolute atomic E-state index is 12.1. The number of thiophene rings is 1. The van der Waals surface area contributed by atoms with E-state index < -0.39 is 0 Å². The van der Waals surface area contributed by atoms with Crippen molar-refractivity contribution in [2.75, 3.05) is 0 Å². The van der Waals surface area contributed by atoms with Crippen molar-refractivity contribution in [3.8, 4) is 0 Å². The summed E-state index contributed by atoms with van der Waals surface area (Å²) in [6, 6.07) is 1.78. The van der Waals surface area contributed by atoms with Gasteiger partial charge in [-0.15, -0.1) is 11.3 Å². The summed E-state index contributed by atoms with van der Waals surface area (Å²) in [4.78, 5) is 21.1. The Morgan fingerprint density at radius 1 is 1.47 bits per heavy atom. The first kappa shape index (κ1) is 10.2. The molecule has 3 aromatic heterocycles. The van der Waals surface area contributed by atoms with Gasteiger partial charge in [0.1, 0.15) is 17.1 Å². The highest BCUT2D eigenvalue weighted by atomic mass is 32.1. The third-order valence-electron chi connectivity index (χ3n) is 2.43. The molecule has 0 aliphatic carbocycles. The smallest absolute Gasteiger partial charge is 0.262 e. The van der Waals surface area contributed by atoms with Crippen LogP contribution in [0.2, 0.25) is 0 Å². The normalized spacial score (nSPS) is 11.1. The molecule has 0 fully saturated rings. The monoisotopic (exact) mass is 247 g/mol. The molecule has 0 radical (unpaired) electrons. The number of oxazole rings is 1. The van der Waals surface area contributed by atoms with Crippen molar-refractivity contribution in [3.05, 3.63) is 46.0 Å². The van der Waals surface area contributed by atoms with Crippen LogP contribution in [0.25, 0.3) is 10.2 Å². The fourth-order valence-corrected chi connectivity index (χ4v) is 2.35. The van der Waals surface area contributed by atoms with Crippen LogP contribution in [-0.2, 0) is 6.54 Å². The number of hydrogen-bond acceptors (Lipinski definition) is 5. The van der Waals surface area contributed by atoms with Crippen molar-refractivity contribution in [3.63, 3.8) is 0 Å². The average molecular weight is 247 g/mol. The summed E-state index contributed by atoms with van der Waals surface area (Å²) in [6.45, 7) is 2.13. The summed E-state index contributed by atoms with van der Waals surface area (Å²) in [5.41, 5.74) is -0.0629. The Morgan fingerprint density at radius 3 is 3.12 bits per heavy atom. The van der Waals surface area contributed by atoms with E-state index in [0.29, 0.717) is 17.8 Å². The summed E-state index contributed by atoms with van der Waals surface area (Å²) >= 11 is 1.46. The van der Waals surface area contributed by atoms with Crippen molar-refractivity contribution in [1.29, 1.82) is 0 Å². The van der Waals surface area contributed by atoms with E-state index in [1.54, 1.807) is 12.3 Å². The maximum Gasteiger partial charge on any atom is 0.262 e. The lowest BCUT2D eigenvalue weighted by Gasteiger charge is -2.01. The second-order valence-electron chi connectivity index (χ2n) is 3.68. The van der Waals surface area contributed by atoms with Gasteiger partial charge in [0, 0.05) is 0 Å². The van der Waals surface area contributed by atoms with Crippen molar-refractivity contribution in [1.82, 2.24) is 14.5 Å². The van der Waals surface area contributed by atoms with Gasteiger partial charge >= 0.3 is 0 Å². The molecule has 0 aliphatic rings. The molecule has 17 heavy (non-hydrogen) atoms. The fraction of sp³-hybridized carbons (Fsp3) is 0.182. The van der Waals surface area contributed by atoms with Crippen molar-refractivity contribution in [2.45, 2.75) is 13.5 Å². The lowest BCUT2D eigenvalue weighted by molar-refractivity contribution is 0.454. The van der Waals surface area contributed by atoms with Crippen molar-refractivity contribution < 1.29 is 4.42 Å². The molecule has 0 aliphatic heterocycles. The second-order valence-corrected chi connectivity index (χ2v) is 4.58. The Balaban J connectivity index is 2.06. The van der Waals surface area contributed by atoms with Gasteiger partial charge in [-0.3, -0.25) is 9.36 Å². The van der Waals surface area contributed by atoms with Crippen LogP contribution in [0.3, 0.4) is 0 Å². The number of hydrogen-bond donors (Lipinski definition) is 0. The summed E-state index contributed by atoms with van der Waals surface area (Å²) in [7, 11) is 0. The van der Waals surface area contributed by atoms with Crippen LogP contribution in [0.4, 0.5) is 0 Å². The highest BCUT2D eigenvalue weighted by Gasteiger charge is 2.07. The first-order valence-corrected chi connectivity index (χ1v) is 5.96. The molecular formula is C11H9N3O2S. The summed E-state index contributed by atoms with van der Waals surface area (Å²) in [5, 5.41) is 2.50. The largest absolute Gasteiger partial charge is 0.444 e. The highest BCUT2D eigenvalue weighted by Crippen LogP contribution is 2.13. The lowest BCUT2D eigenvalue weighted by Crippen LogP contribution is -2.20. The highest BCUT2D eigenvalue weighted by molar-refractivity contribution is 7.16. The number of aromatic nitrogens is 3. The van der Waals surface area contributed by atoms with Crippen LogP contribution >= 0.6 is 11.3 Å².